The fourth-order valence-electron chi connectivity index (χ4n) is 8.87. The lowest BCUT2D eigenvalue weighted by atomic mass is 10.0. The van der Waals surface area contributed by atoms with Crippen molar-refractivity contribution in [2.24, 2.45) is 0 Å². The number of carbonyl (C=O) groups excluding carboxylic acids is 1. The Bertz CT molecular complexity index is 1490. The number of amides is 1. The molecular formula is C70H119NO3. The SMILES string of the molecule is CC/C=C\C/C=C\C/C=C\C/C=C\C/C=C\C/C=C\C/C=C\C/C=C\CCCCCCCCCCC(=O)NC(CO)C(O)/C=C/CC/C=C/CC/C=C/CCCCCCCCCCCCCCCCCCCCC. The van der Waals surface area contributed by atoms with Gasteiger partial charge in [0.2, 0.25) is 5.91 Å². The Morgan fingerprint density at radius 2 is 0.608 bits per heavy atom. The molecule has 0 aromatic rings. The van der Waals surface area contributed by atoms with Gasteiger partial charge < -0.3 is 15.5 Å². The fourth-order valence-corrected chi connectivity index (χ4v) is 8.87. The number of hydrogen-bond donors (Lipinski definition) is 3. The van der Waals surface area contributed by atoms with Gasteiger partial charge in [0.15, 0.2) is 0 Å². The number of unbranched alkanes of at least 4 members (excludes halogenated alkanes) is 29. The number of aliphatic hydroxyl groups excluding tert-OH is 2. The summed E-state index contributed by atoms with van der Waals surface area (Å²) in [6, 6.07) is -0.662. The zero-order valence-electron chi connectivity index (χ0n) is 48.6. The van der Waals surface area contributed by atoms with Crippen LogP contribution >= 0.6 is 0 Å². The van der Waals surface area contributed by atoms with Crippen molar-refractivity contribution in [3.05, 3.63) is 134 Å². The molecule has 0 aromatic heterocycles. The van der Waals surface area contributed by atoms with Gasteiger partial charge in [0.25, 0.3) is 0 Å². The average molecular weight is 1020 g/mol. The van der Waals surface area contributed by atoms with Crippen molar-refractivity contribution in [3.8, 4) is 0 Å². The Morgan fingerprint density at radius 1 is 0.338 bits per heavy atom. The second-order valence-corrected chi connectivity index (χ2v) is 20.7. The van der Waals surface area contributed by atoms with E-state index in [0.717, 1.165) is 103 Å². The molecule has 74 heavy (non-hydrogen) atoms. The van der Waals surface area contributed by atoms with Crippen molar-refractivity contribution in [2.75, 3.05) is 6.61 Å². The topological polar surface area (TPSA) is 69.6 Å². The van der Waals surface area contributed by atoms with E-state index in [9.17, 15) is 15.0 Å². The lowest BCUT2D eigenvalue weighted by Gasteiger charge is -2.19. The predicted molar refractivity (Wildman–Crippen MR) is 331 cm³/mol. The predicted octanol–water partition coefficient (Wildman–Crippen LogP) is 21.4. The summed E-state index contributed by atoms with van der Waals surface area (Å²) < 4.78 is 0. The minimum Gasteiger partial charge on any atom is -0.394 e. The minimum absolute atomic E-state index is 0.0903. The molecule has 0 aliphatic heterocycles. The van der Waals surface area contributed by atoms with Crippen LogP contribution in [0.2, 0.25) is 0 Å². The van der Waals surface area contributed by atoms with Crippen molar-refractivity contribution in [2.45, 2.75) is 296 Å². The number of nitrogens with one attached hydrogen (secondary N) is 1. The Kier molecular flexibility index (Phi) is 60.8. The largest absolute Gasteiger partial charge is 0.394 e. The summed E-state index contributed by atoms with van der Waals surface area (Å²) >= 11 is 0. The van der Waals surface area contributed by atoms with E-state index in [4.69, 9.17) is 0 Å². The first kappa shape index (κ1) is 70.5. The van der Waals surface area contributed by atoms with Gasteiger partial charge in [-0.2, -0.15) is 0 Å². The first-order valence-corrected chi connectivity index (χ1v) is 31.4. The first-order valence-electron chi connectivity index (χ1n) is 31.4. The molecule has 4 heteroatoms. The van der Waals surface area contributed by atoms with Crippen LogP contribution in [-0.4, -0.2) is 34.9 Å². The van der Waals surface area contributed by atoms with Crippen LogP contribution in [0.25, 0.3) is 0 Å². The van der Waals surface area contributed by atoms with E-state index in [1.807, 2.05) is 6.08 Å². The molecular weight excluding hydrogens is 903 g/mol. The normalized spacial score (nSPS) is 13.7. The molecule has 0 aliphatic rings. The molecule has 0 aromatic carbocycles. The van der Waals surface area contributed by atoms with Crippen molar-refractivity contribution >= 4 is 5.91 Å². The zero-order valence-corrected chi connectivity index (χ0v) is 48.6. The molecule has 0 spiro atoms. The average Bonchev–Trinajstić information content (AvgIpc) is 3.40. The van der Waals surface area contributed by atoms with E-state index in [-0.39, 0.29) is 12.5 Å². The molecule has 0 radical (unpaired) electrons. The number of rotatable bonds is 56. The molecule has 3 N–H and O–H groups in total. The van der Waals surface area contributed by atoms with Gasteiger partial charge in [0.05, 0.1) is 18.8 Å². The van der Waals surface area contributed by atoms with Gasteiger partial charge in [-0.05, 0) is 109 Å². The van der Waals surface area contributed by atoms with Crippen molar-refractivity contribution in [1.82, 2.24) is 5.32 Å². The Hall–Kier alpha value is -3.47. The number of allylic oxidation sites excluding steroid dienone is 21. The van der Waals surface area contributed by atoms with Gasteiger partial charge >= 0.3 is 0 Å². The molecule has 0 saturated carbocycles. The van der Waals surface area contributed by atoms with Gasteiger partial charge in [-0.1, -0.05) is 302 Å². The third kappa shape index (κ3) is 59.4. The zero-order chi connectivity index (χ0) is 53.4. The quantitative estimate of drug-likeness (QED) is 0.0420. The third-order valence-electron chi connectivity index (χ3n) is 13.6. The van der Waals surface area contributed by atoms with E-state index in [1.54, 1.807) is 6.08 Å². The van der Waals surface area contributed by atoms with Crippen LogP contribution in [0.4, 0.5) is 0 Å². The van der Waals surface area contributed by atoms with E-state index in [0.29, 0.717) is 6.42 Å². The molecule has 0 saturated heterocycles. The fraction of sp³-hybridized carbons (Fsp3) is 0.671. The maximum atomic E-state index is 12.5. The summed E-state index contributed by atoms with van der Waals surface area (Å²) in [6.45, 7) is 4.19. The maximum Gasteiger partial charge on any atom is 0.220 e. The molecule has 0 rings (SSSR count). The van der Waals surface area contributed by atoms with Crippen molar-refractivity contribution in [3.63, 3.8) is 0 Å². The highest BCUT2D eigenvalue weighted by molar-refractivity contribution is 5.76. The van der Waals surface area contributed by atoms with Gasteiger partial charge in [-0.3, -0.25) is 4.79 Å². The molecule has 1 amide bonds. The molecule has 4 nitrogen and oxygen atoms in total. The van der Waals surface area contributed by atoms with Crippen LogP contribution in [0, 0.1) is 0 Å². The maximum absolute atomic E-state index is 12.5. The summed E-state index contributed by atoms with van der Waals surface area (Å²) in [7, 11) is 0. The van der Waals surface area contributed by atoms with Crippen LogP contribution in [-0.2, 0) is 4.79 Å². The van der Waals surface area contributed by atoms with Crippen LogP contribution in [0.5, 0.6) is 0 Å². The second-order valence-electron chi connectivity index (χ2n) is 20.7. The monoisotopic (exact) mass is 1020 g/mol. The molecule has 0 aliphatic carbocycles. The van der Waals surface area contributed by atoms with Crippen LogP contribution in [0.15, 0.2) is 134 Å². The number of hydrogen-bond acceptors (Lipinski definition) is 3. The summed E-state index contributed by atoms with van der Waals surface area (Å²) in [5.74, 6) is -0.0903. The van der Waals surface area contributed by atoms with Crippen molar-refractivity contribution < 1.29 is 15.0 Å². The van der Waals surface area contributed by atoms with Crippen LogP contribution in [0.1, 0.15) is 284 Å². The van der Waals surface area contributed by atoms with Crippen molar-refractivity contribution in [1.29, 1.82) is 0 Å². The first-order chi connectivity index (χ1) is 36.7. The van der Waals surface area contributed by atoms with Crippen LogP contribution < -0.4 is 5.32 Å². The summed E-state index contributed by atoms with van der Waals surface area (Å²) in [5, 5.41) is 23.2. The number of aliphatic hydroxyl groups is 2. The lowest BCUT2D eigenvalue weighted by molar-refractivity contribution is -0.123. The van der Waals surface area contributed by atoms with Gasteiger partial charge in [0.1, 0.15) is 0 Å². The van der Waals surface area contributed by atoms with Crippen LogP contribution in [0.3, 0.4) is 0 Å². The molecule has 0 bridgehead atoms. The third-order valence-corrected chi connectivity index (χ3v) is 13.6. The standard InChI is InChI=1S/C70H119NO3/c1-3-5-7-9-11-13-15-17-19-21-23-25-27-29-31-33-34-35-36-38-40-42-44-46-48-50-52-54-56-58-60-62-64-66-70(74)71-68(67-72)69(73)65-63-61-59-57-55-53-51-49-47-45-43-41-39-37-32-30-28-26-24-22-20-18-16-14-12-10-8-6-4-2/h5,7,11,13,17,19,23,25,29,31,34-35,38,40,44,46-47,49,55,57,63,65,68-69,72-73H,3-4,6,8-10,12,14-16,18,20-22,24,26-28,30,32-33,36-37,39,41-43,45,48,50-54,56,58-62,64,66-67H2,1-2H3,(H,71,74)/b7-5-,13-11-,19-17-,25-23-,31-29-,35-34-,40-38-,46-44-,49-47+,57-55+,65-63+. The number of carbonyl (C=O) groups is 1. The smallest absolute Gasteiger partial charge is 0.220 e. The van der Waals surface area contributed by atoms with E-state index in [1.165, 1.54) is 161 Å². The molecule has 422 valence electrons. The molecule has 2 unspecified atom stereocenters. The highest BCUT2D eigenvalue weighted by atomic mass is 16.3. The Labute approximate surface area is 460 Å². The summed E-state index contributed by atoms with van der Waals surface area (Å²) in [6.07, 6.45) is 99.2. The van der Waals surface area contributed by atoms with Gasteiger partial charge in [-0.15, -0.1) is 0 Å². The van der Waals surface area contributed by atoms with E-state index >= 15 is 0 Å². The Morgan fingerprint density at radius 3 is 0.946 bits per heavy atom. The Balaban J connectivity index is 3.63. The molecule has 0 fully saturated rings. The highest BCUT2D eigenvalue weighted by Crippen LogP contribution is 2.16. The van der Waals surface area contributed by atoms with E-state index < -0.39 is 12.1 Å². The minimum atomic E-state index is -0.885. The lowest BCUT2D eigenvalue weighted by Crippen LogP contribution is -2.45. The molecule has 2 atom stereocenters. The molecule has 0 heterocycles. The second kappa shape index (κ2) is 63.8. The highest BCUT2D eigenvalue weighted by Gasteiger charge is 2.18. The summed E-state index contributed by atoms with van der Waals surface area (Å²) in [4.78, 5) is 12.5. The summed E-state index contributed by atoms with van der Waals surface area (Å²) in [5.41, 5.74) is 0. The van der Waals surface area contributed by atoms with Gasteiger partial charge in [0, 0.05) is 6.42 Å². The van der Waals surface area contributed by atoms with Gasteiger partial charge in [-0.25, -0.2) is 0 Å². The van der Waals surface area contributed by atoms with E-state index in [2.05, 4.69) is 141 Å².